The lowest BCUT2D eigenvalue weighted by Gasteiger charge is -2.16. The van der Waals surface area contributed by atoms with Gasteiger partial charge in [0.2, 0.25) is 0 Å². The summed E-state index contributed by atoms with van der Waals surface area (Å²) in [4.78, 5) is 20.9. The number of amides is 1. The van der Waals surface area contributed by atoms with Crippen LogP contribution in [0.15, 0.2) is 29.8 Å². The number of halogens is 3. The van der Waals surface area contributed by atoms with E-state index in [4.69, 9.17) is 34.8 Å². The summed E-state index contributed by atoms with van der Waals surface area (Å²) in [6.07, 6.45) is 6.03. The summed E-state index contributed by atoms with van der Waals surface area (Å²) in [6.45, 7) is 0. The third-order valence-corrected chi connectivity index (χ3v) is 6.50. The lowest BCUT2D eigenvalue weighted by Crippen LogP contribution is -2.14. The van der Waals surface area contributed by atoms with Crippen molar-refractivity contribution >= 4 is 57.2 Å². The van der Waals surface area contributed by atoms with E-state index in [9.17, 15) is 4.79 Å². The first-order valence-corrected chi connectivity index (χ1v) is 10.4. The van der Waals surface area contributed by atoms with Crippen LogP contribution in [0.25, 0.3) is 11.3 Å². The van der Waals surface area contributed by atoms with Crippen molar-refractivity contribution in [2.45, 2.75) is 25.7 Å². The highest BCUT2D eigenvalue weighted by Gasteiger charge is 2.19. The van der Waals surface area contributed by atoms with Gasteiger partial charge in [0.15, 0.2) is 5.13 Å². The molecule has 4 nitrogen and oxygen atoms in total. The zero-order valence-electron chi connectivity index (χ0n) is 14.1. The van der Waals surface area contributed by atoms with E-state index in [1.807, 2.05) is 5.38 Å². The molecule has 1 aliphatic carbocycles. The summed E-state index contributed by atoms with van der Waals surface area (Å²) in [6, 6.07) is 6.47. The predicted octanol–water partition coefficient (Wildman–Crippen LogP) is 6.30. The van der Waals surface area contributed by atoms with Gasteiger partial charge in [0, 0.05) is 17.1 Å². The number of hydrogen-bond acceptors (Lipinski definition) is 4. The fraction of sp³-hybridized carbons (Fsp3) is 0.211. The van der Waals surface area contributed by atoms with Crippen molar-refractivity contribution in [2.75, 3.05) is 5.32 Å². The highest BCUT2D eigenvalue weighted by molar-refractivity contribution is 7.14. The van der Waals surface area contributed by atoms with Gasteiger partial charge in [-0.3, -0.25) is 10.1 Å². The van der Waals surface area contributed by atoms with Crippen LogP contribution in [0.3, 0.4) is 0 Å². The number of pyridine rings is 1. The van der Waals surface area contributed by atoms with Crippen molar-refractivity contribution in [2.24, 2.45) is 0 Å². The molecule has 0 radical (unpaired) electrons. The molecule has 3 aromatic rings. The predicted molar refractivity (Wildman–Crippen MR) is 111 cm³/mol. The summed E-state index contributed by atoms with van der Waals surface area (Å²) in [5, 5.41) is 5.43. The molecule has 0 saturated carbocycles. The van der Waals surface area contributed by atoms with Crippen LogP contribution in [0.1, 0.15) is 34.5 Å². The first-order chi connectivity index (χ1) is 13.0. The molecule has 138 valence electrons. The highest BCUT2D eigenvalue weighted by Crippen LogP contribution is 2.32. The van der Waals surface area contributed by atoms with Crippen molar-refractivity contribution in [3.8, 4) is 11.3 Å². The van der Waals surface area contributed by atoms with E-state index in [1.165, 1.54) is 41.5 Å². The Balaban J connectivity index is 1.55. The number of carbonyl (C=O) groups excluding carboxylic acids is 1. The van der Waals surface area contributed by atoms with Gasteiger partial charge in [-0.2, -0.15) is 0 Å². The largest absolute Gasteiger partial charge is 0.296 e. The molecule has 0 bridgehead atoms. The average Bonchev–Trinajstić information content (AvgIpc) is 3.14. The fourth-order valence-electron chi connectivity index (χ4n) is 3.11. The SMILES string of the molecule is O=C(Nc1nc(-c2ccc3c(c2)CCCC3)cs1)c1ncc(Cl)c(Cl)c1Cl. The normalized spacial score (nSPS) is 13.3. The second-order valence-electron chi connectivity index (χ2n) is 6.27. The van der Waals surface area contributed by atoms with Gasteiger partial charge in [0.25, 0.3) is 5.91 Å². The number of carbonyl (C=O) groups is 1. The van der Waals surface area contributed by atoms with Crippen molar-refractivity contribution < 1.29 is 4.79 Å². The minimum Gasteiger partial charge on any atom is -0.296 e. The third-order valence-electron chi connectivity index (χ3n) is 4.50. The van der Waals surface area contributed by atoms with E-state index in [0.29, 0.717) is 5.13 Å². The van der Waals surface area contributed by atoms with Gasteiger partial charge in [-0.15, -0.1) is 11.3 Å². The van der Waals surface area contributed by atoms with E-state index in [0.717, 1.165) is 24.1 Å². The molecular formula is C19H14Cl3N3OS. The molecule has 27 heavy (non-hydrogen) atoms. The summed E-state index contributed by atoms with van der Waals surface area (Å²) >= 11 is 19.2. The molecule has 8 heteroatoms. The van der Waals surface area contributed by atoms with E-state index < -0.39 is 5.91 Å². The van der Waals surface area contributed by atoms with Crippen molar-refractivity contribution in [1.82, 2.24) is 9.97 Å². The maximum atomic E-state index is 12.4. The molecule has 0 atom stereocenters. The molecule has 1 amide bonds. The number of nitrogens with one attached hydrogen (secondary N) is 1. The Morgan fingerprint density at radius 3 is 2.67 bits per heavy atom. The quantitative estimate of drug-likeness (QED) is 0.522. The average molecular weight is 439 g/mol. The summed E-state index contributed by atoms with van der Waals surface area (Å²) in [7, 11) is 0. The number of anilines is 1. The molecule has 1 N–H and O–H groups in total. The number of aryl methyl sites for hydroxylation is 2. The maximum Gasteiger partial charge on any atom is 0.277 e. The molecular weight excluding hydrogens is 425 g/mol. The van der Waals surface area contributed by atoms with Crippen molar-refractivity contribution in [1.29, 1.82) is 0 Å². The topological polar surface area (TPSA) is 54.9 Å². The molecule has 1 aromatic carbocycles. The summed E-state index contributed by atoms with van der Waals surface area (Å²) in [5.41, 5.74) is 4.71. The smallest absolute Gasteiger partial charge is 0.277 e. The summed E-state index contributed by atoms with van der Waals surface area (Å²) < 4.78 is 0. The Kier molecular flexibility index (Phi) is 5.37. The van der Waals surface area contributed by atoms with Crippen LogP contribution in [0.5, 0.6) is 0 Å². The van der Waals surface area contributed by atoms with Gasteiger partial charge in [-0.1, -0.05) is 46.9 Å². The van der Waals surface area contributed by atoms with E-state index in [-0.39, 0.29) is 20.8 Å². The molecule has 0 fully saturated rings. The third kappa shape index (κ3) is 3.83. The van der Waals surface area contributed by atoms with Gasteiger partial charge >= 0.3 is 0 Å². The molecule has 0 aliphatic heterocycles. The van der Waals surface area contributed by atoms with Crippen LogP contribution in [0.4, 0.5) is 5.13 Å². The Bertz CT molecular complexity index is 1040. The first kappa shape index (κ1) is 18.7. The van der Waals surface area contributed by atoms with Gasteiger partial charge in [-0.05, 0) is 42.9 Å². The molecule has 2 heterocycles. The molecule has 0 spiro atoms. The van der Waals surface area contributed by atoms with E-state index >= 15 is 0 Å². The number of benzene rings is 1. The van der Waals surface area contributed by atoms with Gasteiger partial charge in [0.05, 0.1) is 20.8 Å². The number of fused-ring (bicyclic) bond motifs is 1. The van der Waals surface area contributed by atoms with E-state index in [1.54, 1.807) is 0 Å². The highest BCUT2D eigenvalue weighted by atomic mass is 35.5. The van der Waals surface area contributed by atoms with Gasteiger partial charge < -0.3 is 0 Å². The molecule has 0 saturated heterocycles. The van der Waals surface area contributed by atoms with Crippen LogP contribution >= 0.6 is 46.1 Å². The second kappa shape index (κ2) is 7.76. The van der Waals surface area contributed by atoms with Crippen molar-refractivity contribution in [3.63, 3.8) is 0 Å². The standard InChI is InChI=1S/C19H14Cl3N3OS/c20-13-8-23-17(16(22)15(13)21)18(26)25-19-24-14(9-27-19)12-6-5-10-3-1-2-4-11(10)7-12/h5-9H,1-4H2,(H,24,25,26). The van der Waals surface area contributed by atoms with E-state index in [2.05, 4.69) is 33.5 Å². The van der Waals surface area contributed by atoms with Gasteiger partial charge in [-0.25, -0.2) is 9.97 Å². The molecule has 1 aliphatic rings. The number of aromatic nitrogens is 2. The van der Waals surface area contributed by atoms with Crippen molar-refractivity contribution in [3.05, 3.63) is 61.7 Å². The Morgan fingerprint density at radius 1 is 1.07 bits per heavy atom. The monoisotopic (exact) mass is 437 g/mol. The zero-order chi connectivity index (χ0) is 19.0. The minimum atomic E-state index is -0.482. The fourth-order valence-corrected chi connectivity index (χ4v) is 4.40. The number of thiazole rings is 1. The maximum absolute atomic E-state index is 12.4. The molecule has 0 unspecified atom stereocenters. The molecule has 4 rings (SSSR count). The number of hydrogen-bond donors (Lipinski definition) is 1. The second-order valence-corrected chi connectivity index (χ2v) is 8.29. The van der Waals surface area contributed by atoms with Crippen LogP contribution in [-0.2, 0) is 12.8 Å². The Morgan fingerprint density at radius 2 is 1.85 bits per heavy atom. The lowest BCUT2D eigenvalue weighted by atomic mass is 9.90. The lowest BCUT2D eigenvalue weighted by molar-refractivity contribution is 0.102. The van der Waals surface area contributed by atoms with Crippen LogP contribution in [0.2, 0.25) is 15.1 Å². The zero-order valence-corrected chi connectivity index (χ0v) is 17.1. The Labute approximate surface area is 175 Å². The number of nitrogens with zero attached hydrogens (tertiary/aromatic N) is 2. The first-order valence-electron chi connectivity index (χ1n) is 8.41. The summed E-state index contributed by atoms with van der Waals surface area (Å²) in [5.74, 6) is -0.482. The van der Waals surface area contributed by atoms with Crippen LogP contribution in [-0.4, -0.2) is 15.9 Å². The van der Waals surface area contributed by atoms with Gasteiger partial charge in [0.1, 0.15) is 5.69 Å². The van der Waals surface area contributed by atoms with Crippen LogP contribution < -0.4 is 5.32 Å². The number of rotatable bonds is 3. The van der Waals surface area contributed by atoms with Crippen LogP contribution in [0, 0.1) is 0 Å². The minimum absolute atomic E-state index is 0.0107. The molecule has 2 aromatic heterocycles. The Hall–Kier alpha value is -1.66.